The maximum Gasteiger partial charge on any atom is 0.125 e. The van der Waals surface area contributed by atoms with Crippen LogP contribution in [0.15, 0.2) is 18.2 Å². The first-order valence-corrected chi connectivity index (χ1v) is 4.31. The minimum Gasteiger partial charge on any atom is -0.490 e. The van der Waals surface area contributed by atoms with E-state index < -0.39 is 12.2 Å². The summed E-state index contributed by atoms with van der Waals surface area (Å²) in [5.41, 5.74) is 1.62. The molecule has 13 heavy (non-hydrogen) atoms. The van der Waals surface area contributed by atoms with Crippen molar-refractivity contribution in [2.45, 2.75) is 19.1 Å². The molecule has 1 heterocycles. The molecule has 2 N–H and O–H groups in total. The smallest absolute Gasteiger partial charge is 0.125 e. The Morgan fingerprint density at radius 1 is 1.54 bits per heavy atom. The number of hydrogen-bond donors (Lipinski definition) is 2. The van der Waals surface area contributed by atoms with Gasteiger partial charge < -0.3 is 14.9 Å². The number of ether oxygens (including phenoxy) is 1. The molecule has 0 fully saturated rings. The second kappa shape index (κ2) is 3.01. The van der Waals surface area contributed by atoms with Gasteiger partial charge in [0.1, 0.15) is 18.5 Å². The van der Waals surface area contributed by atoms with E-state index in [-0.39, 0.29) is 0 Å². The molecule has 70 valence electrons. The topological polar surface area (TPSA) is 49.7 Å². The minimum atomic E-state index is -0.516. The molecule has 3 heteroatoms. The third-order valence-electron chi connectivity index (χ3n) is 2.28. The van der Waals surface area contributed by atoms with Crippen LogP contribution in [0, 0.1) is 0 Å². The molecule has 2 rings (SSSR count). The van der Waals surface area contributed by atoms with Gasteiger partial charge in [0.25, 0.3) is 0 Å². The van der Waals surface area contributed by atoms with E-state index in [4.69, 9.17) is 4.74 Å². The Hall–Kier alpha value is -1.06. The highest BCUT2D eigenvalue weighted by molar-refractivity contribution is 5.42. The minimum absolute atomic E-state index is 0.318. The highest BCUT2D eigenvalue weighted by Gasteiger charge is 2.22. The number of aliphatic hydroxyl groups is 2. The molecule has 0 bridgehead atoms. The van der Waals surface area contributed by atoms with Crippen molar-refractivity contribution >= 4 is 0 Å². The van der Waals surface area contributed by atoms with Crippen LogP contribution in [0.3, 0.4) is 0 Å². The third kappa shape index (κ3) is 1.41. The zero-order chi connectivity index (χ0) is 9.42. The SMILES string of the molecule is CC(O)c1ccc2c(c1)OCC2O. The van der Waals surface area contributed by atoms with E-state index in [1.807, 2.05) is 0 Å². The Bertz CT molecular complexity index is 320. The summed E-state index contributed by atoms with van der Waals surface area (Å²) >= 11 is 0. The standard InChI is InChI=1S/C10H12O3/c1-6(11)7-2-3-8-9(12)5-13-10(8)4-7/h2-4,6,9,11-12H,5H2,1H3. The lowest BCUT2D eigenvalue weighted by molar-refractivity contribution is 0.140. The van der Waals surface area contributed by atoms with Gasteiger partial charge in [-0.1, -0.05) is 12.1 Å². The number of benzene rings is 1. The van der Waals surface area contributed by atoms with Crippen LogP contribution in [0.1, 0.15) is 30.3 Å². The normalized spacial score (nSPS) is 22.2. The van der Waals surface area contributed by atoms with Gasteiger partial charge in [0.15, 0.2) is 0 Å². The fraction of sp³-hybridized carbons (Fsp3) is 0.400. The molecule has 0 spiro atoms. The first-order valence-electron chi connectivity index (χ1n) is 4.31. The molecule has 0 saturated carbocycles. The van der Waals surface area contributed by atoms with Gasteiger partial charge in [0.2, 0.25) is 0 Å². The molecule has 2 atom stereocenters. The van der Waals surface area contributed by atoms with Crippen molar-refractivity contribution in [2.24, 2.45) is 0 Å². The van der Waals surface area contributed by atoms with Gasteiger partial charge in [-0.25, -0.2) is 0 Å². The Morgan fingerprint density at radius 3 is 3.00 bits per heavy atom. The van der Waals surface area contributed by atoms with Crippen molar-refractivity contribution in [2.75, 3.05) is 6.61 Å². The zero-order valence-corrected chi connectivity index (χ0v) is 7.40. The van der Waals surface area contributed by atoms with Crippen molar-refractivity contribution in [3.8, 4) is 5.75 Å². The van der Waals surface area contributed by atoms with Crippen LogP contribution in [-0.2, 0) is 0 Å². The van der Waals surface area contributed by atoms with E-state index in [1.165, 1.54) is 0 Å². The van der Waals surface area contributed by atoms with Crippen LogP contribution < -0.4 is 4.74 Å². The zero-order valence-electron chi connectivity index (χ0n) is 7.40. The van der Waals surface area contributed by atoms with Gasteiger partial charge in [-0.05, 0) is 18.6 Å². The molecule has 1 aromatic rings. The molecule has 1 aromatic carbocycles. The average molecular weight is 180 g/mol. The third-order valence-corrected chi connectivity index (χ3v) is 2.28. The molecular weight excluding hydrogens is 168 g/mol. The molecule has 1 aliphatic rings. The summed E-state index contributed by atoms with van der Waals surface area (Å²) in [4.78, 5) is 0. The second-order valence-corrected chi connectivity index (χ2v) is 3.30. The lowest BCUT2D eigenvalue weighted by atomic mass is 10.1. The van der Waals surface area contributed by atoms with Crippen molar-refractivity contribution in [3.63, 3.8) is 0 Å². The summed E-state index contributed by atoms with van der Waals surface area (Å²) in [6, 6.07) is 5.38. The fourth-order valence-electron chi connectivity index (χ4n) is 1.47. The van der Waals surface area contributed by atoms with E-state index in [2.05, 4.69) is 0 Å². The summed E-state index contributed by atoms with van der Waals surface area (Å²) in [7, 11) is 0. The van der Waals surface area contributed by atoms with E-state index >= 15 is 0 Å². The summed E-state index contributed by atoms with van der Waals surface area (Å²) in [5.74, 6) is 0.686. The predicted octanol–water partition coefficient (Wildman–Crippen LogP) is 1.17. The van der Waals surface area contributed by atoms with Gasteiger partial charge in [-0.15, -0.1) is 0 Å². The Labute approximate surface area is 76.6 Å². The maximum atomic E-state index is 9.42. The van der Waals surface area contributed by atoms with Crippen molar-refractivity contribution in [1.29, 1.82) is 0 Å². The van der Waals surface area contributed by atoms with Gasteiger partial charge in [-0.2, -0.15) is 0 Å². The summed E-state index contributed by atoms with van der Waals surface area (Å²) in [6.45, 7) is 2.02. The van der Waals surface area contributed by atoms with Gasteiger partial charge in [0.05, 0.1) is 6.10 Å². The molecule has 0 radical (unpaired) electrons. The average Bonchev–Trinajstić information content (AvgIpc) is 2.47. The molecule has 0 amide bonds. The highest BCUT2D eigenvalue weighted by atomic mass is 16.5. The molecule has 0 aliphatic carbocycles. The van der Waals surface area contributed by atoms with E-state index in [0.29, 0.717) is 12.4 Å². The van der Waals surface area contributed by atoms with E-state index in [9.17, 15) is 10.2 Å². The number of rotatable bonds is 1. The molecule has 3 nitrogen and oxygen atoms in total. The fourth-order valence-corrected chi connectivity index (χ4v) is 1.47. The van der Waals surface area contributed by atoms with Crippen LogP contribution >= 0.6 is 0 Å². The van der Waals surface area contributed by atoms with Crippen LogP contribution in [0.4, 0.5) is 0 Å². The van der Waals surface area contributed by atoms with Crippen LogP contribution in [0.2, 0.25) is 0 Å². The van der Waals surface area contributed by atoms with Crippen molar-refractivity contribution < 1.29 is 14.9 Å². The maximum absolute atomic E-state index is 9.42. The number of hydrogen-bond acceptors (Lipinski definition) is 3. The molecule has 0 aromatic heterocycles. The molecular formula is C10H12O3. The lowest BCUT2D eigenvalue weighted by Crippen LogP contribution is -1.97. The van der Waals surface area contributed by atoms with Crippen LogP contribution in [-0.4, -0.2) is 16.8 Å². The largest absolute Gasteiger partial charge is 0.490 e. The van der Waals surface area contributed by atoms with Crippen molar-refractivity contribution in [1.82, 2.24) is 0 Å². The summed E-state index contributed by atoms with van der Waals surface area (Å²) in [5, 5.41) is 18.7. The summed E-state index contributed by atoms with van der Waals surface area (Å²) in [6.07, 6.45) is -1.01. The Balaban J connectivity index is 2.40. The monoisotopic (exact) mass is 180 g/mol. The highest BCUT2D eigenvalue weighted by Crippen LogP contribution is 2.33. The van der Waals surface area contributed by atoms with Crippen LogP contribution in [0.25, 0.3) is 0 Å². The second-order valence-electron chi connectivity index (χ2n) is 3.30. The van der Waals surface area contributed by atoms with Gasteiger partial charge in [-0.3, -0.25) is 0 Å². The van der Waals surface area contributed by atoms with Gasteiger partial charge >= 0.3 is 0 Å². The molecule has 2 unspecified atom stereocenters. The quantitative estimate of drug-likeness (QED) is 0.682. The van der Waals surface area contributed by atoms with Crippen molar-refractivity contribution in [3.05, 3.63) is 29.3 Å². The predicted molar refractivity (Wildman–Crippen MR) is 47.5 cm³/mol. The van der Waals surface area contributed by atoms with E-state index in [1.54, 1.807) is 25.1 Å². The summed E-state index contributed by atoms with van der Waals surface area (Å²) < 4.78 is 5.24. The first kappa shape index (κ1) is 8.53. The Kier molecular flexibility index (Phi) is 1.98. The molecule has 0 saturated heterocycles. The first-order chi connectivity index (χ1) is 6.18. The number of fused-ring (bicyclic) bond motifs is 1. The van der Waals surface area contributed by atoms with Crippen LogP contribution in [0.5, 0.6) is 5.75 Å². The van der Waals surface area contributed by atoms with Gasteiger partial charge in [0, 0.05) is 5.56 Å². The number of aliphatic hydroxyl groups excluding tert-OH is 2. The lowest BCUT2D eigenvalue weighted by Gasteiger charge is -2.06. The molecule has 1 aliphatic heterocycles. The Morgan fingerprint density at radius 2 is 2.31 bits per heavy atom. The van der Waals surface area contributed by atoms with E-state index in [0.717, 1.165) is 11.1 Å².